The van der Waals surface area contributed by atoms with Crippen molar-refractivity contribution in [3.8, 4) is 0 Å². The topological polar surface area (TPSA) is 93.8 Å². The lowest BCUT2D eigenvalue weighted by atomic mass is 9.99. The SMILES string of the molecule is CSc1nc(NC(=O)c2c(C)ccn(CC3CCCNC3)c2=O)n(C)n1.Cl. The molecule has 2 aromatic rings. The number of aromatic nitrogens is 4. The molecule has 1 amide bonds. The maximum Gasteiger partial charge on any atom is 0.263 e. The Morgan fingerprint density at radius 1 is 1.48 bits per heavy atom. The molecule has 10 heteroatoms. The van der Waals surface area contributed by atoms with Crippen LogP contribution in [0.5, 0.6) is 0 Å². The fourth-order valence-electron chi connectivity index (χ4n) is 3.16. The number of thioether (sulfide) groups is 1. The zero-order valence-corrected chi connectivity index (χ0v) is 17.3. The minimum Gasteiger partial charge on any atom is -0.316 e. The molecule has 2 aromatic heterocycles. The fraction of sp³-hybridized carbons (Fsp3) is 0.529. The van der Waals surface area contributed by atoms with Crippen LogP contribution in [-0.4, -0.2) is 44.6 Å². The molecule has 1 unspecified atom stereocenters. The molecule has 27 heavy (non-hydrogen) atoms. The smallest absolute Gasteiger partial charge is 0.263 e. The molecule has 0 spiro atoms. The first-order valence-electron chi connectivity index (χ1n) is 8.66. The van der Waals surface area contributed by atoms with E-state index < -0.39 is 5.91 Å². The molecule has 3 rings (SSSR count). The Bertz CT molecular complexity index is 860. The van der Waals surface area contributed by atoms with E-state index >= 15 is 0 Å². The Labute approximate surface area is 168 Å². The second kappa shape index (κ2) is 9.38. The first-order chi connectivity index (χ1) is 12.5. The number of carbonyl (C=O) groups excluding carboxylic acids is 1. The first-order valence-corrected chi connectivity index (χ1v) is 9.89. The molecule has 0 aromatic carbocycles. The molecule has 0 aliphatic carbocycles. The van der Waals surface area contributed by atoms with Gasteiger partial charge in [-0.1, -0.05) is 11.8 Å². The summed E-state index contributed by atoms with van der Waals surface area (Å²) in [6.07, 6.45) is 5.84. The van der Waals surface area contributed by atoms with Gasteiger partial charge in [0.2, 0.25) is 11.1 Å². The van der Waals surface area contributed by atoms with Gasteiger partial charge < -0.3 is 9.88 Å². The van der Waals surface area contributed by atoms with Crippen molar-refractivity contribution in [2.75, 3.05) is 24.7 Å². The van der Waals surface area contributed by atoms with Crippen molar-refractivity contribution in [2.45, 2.75) is 31.5 Å². The largest absolute Gasteiger partial charge is 0.316 e. The highest BCUT2D eigenvalue weighted by Crippen LogP contribution is 2.15. The molecule has 1 aliphatic rings. The number of amides is 1. The van der Waals surface area contributed by atoms with Crippen molar-refractivity contribution in [2.24, 2.45) is 13.0 Å². The molecular weight excluding hydrogens is 388 g/mol. The number of pyridine rings is 1. The summed E-state index contributed by atoms with van der Waals surface area (Å²) < 4.78 is 3.14. The highest BCUT2D eigenvalue weighted by Gasteiger charge is 2.20. The van der Waals surface area contributed by atoms with Gasteiger partial charge in [-0.15, -0.1) is 17.5 Å². The van der Waals surface area contributed by atoms with E-state index in [4.69, 9.17) is 0 Å². The predicted octanol–water partition coefficient (Wildman–Crippen LogP) is 1.68. The Morgan fingerprint density at radius 3 is 2.89 bits per heavy atom. The van der Waals surface area contributed by atoms with E-state index in [0.29, 0.717) is 29.1 Å². The van der Waals surface area contributed by atoms with Crippen molar-refractivity contribution >= 4 is 36.0 Å². The molecule has 1 saturated heterocycles. The van der Waals surface area contributed by atoms with Gasteiger partial charge in [0.25, 0.3) is 11.5 Å². The average molecular weight is 413 g/mol. The van der Waals surface area contributed by atoms with Crippen LogP contribution in [0.3, 0.4) is 0 Å². The van der Waals surface area contributed by atoms with Crippen LogP contribution in [-0.2, 0) is 13.6 Å². The zero-order chi connectivity index (χ0) is 18.7. The van der Waals surface area contributed by atoms with E-state index in [1.54, 1.807) is 24.7 Å². The normalized spacial score (nSPS) is 16.6. The third-order valence-corrected chi connectivity index (χ3v) is 5.14. The van der Waals surface area contributed by atoms with Crippen molar-refractivity contribution in [1.29, 1.82) is 0 Å². The first kappa shape index (κ1) is 21.5. The fourth-order valence-corrected chi connectivity index (χ4v) is 3.55. The molecule has 0 bridgehead atoms. The summed E-state index contributed by atoms with van der Waals surface area (Å²) in [6, 6.07) is 1.82. The number of halogens is 1. The molecule has 2 N–H and O–H groups in total. The highest BCUT2D eigenvalue weighted by molar-refractivity contribution is 7.98. The molecule has 1 atom stereocenters. The number of hydrogen-bond acceptors (Lipinski definition) is 6. The van der Waals surface area contributed by atoms with Crippen LogP contribution < -0.4 is 16.2 Å². The summed E-state index contributed by atoms with van der Waals surface area (Å²) in [5, 5.41) is 10.8. The molecule has 8 nitrogen and oxygen atoms in total. The highest BCUT2D eigenvalue weighted by atomic mass is 35.5. The van der Waals surface area contributed by atoms with Crippen LogP contribution in [0.1, 0.15) is 28.8 Å². The van der Waals surface area contributed by atoms with Crippen LogP contribution in [0.15, 0.2) is 22.2 Å². The van der Waals surface area contributed by atoms with E-state index in [1.807, 2.05) is 12.3 Å². The lowest BCUT2D eigenvalue weighted by Gasteiger charge is -2.23. The number of hydrogen-bond donors (Lipinski definition) is 2. The number of rotatable bonds is 5. The second-order valence-corrected chi connectivity index (χ2v) is 7.32. The minimum absolute atomic E-state index is 0. The van der Waals surface area contributed by atoms with Crippen LogP contribution in [0, 0.1) is 12.8 Å². The van der Waals surface area contributed by atoms with E-state index in [2.05, 4.69) is 20.7 Å². The zero-order valence-electron chi connectivity index (χ0n) is 15.7. The van der Waals surface area contributed by atoms with Gasteiger partial charge in [-0.25, -0.2) is 4.68 Å². The van der Waals surface area contributed by atoms with Crippen LogP contribution in [0.4, 0.5) is 5.95 Å². The van der Waals surface area contributed by atoms with Crippen LogP contribution >= 0.6 is 24.2 Å². The van der Waals surface area contributed by atoms with E-state index in [1.165, 1.54) is 16.4 Å². The maximum atomic E-state index is 12.9. The lowest BCUT2D eigenvalue weighted by molar-refractivity contribution is 0.102. The molecule has 0 radical (unpaired) electrons. The van der Waals surface area contributed by atoms with Gasteiger partial charge in [-0.3, -0.25) is 14.9 Å². The van der Waals surface area contributed by atoms with Gasteiger partial charge >= 0.3 is 0 Å². The predicted molar refractivity (Wildman–Crippen MR) is 109 cm³/mol. The number of nitrogens with zero attached hydrogens (tertiary/aromatic N) is 4. The third-order valence-electron chi connectivity index (χ3n) is 4.61. The van der Waals surface area contributed by atoms with E-state index in [9.17, 15) is 9.59 Å². The Hall–Kier alpha value is -1.84. The van der Waals surface area contributed by atoms with Crippen molar-refractivity contribution in [3.05, 3.63) is 33.7 Å². The monoisotopic (exact) mass is 412 g/mol. The average Bonchev–Trinajstić information content (AvgIpc) is 2.98. The standard InChI is InChI=1S/C17H24N6O2S.ClH/c1-11-6-8-23(10-12-5-4-7-18-9-12)15(25)13(11)14(24)19-16-20-17(26-3)21-22(16)2;/h6,8,12,18H,4-5,7,9-10H2,1-3H3,(H,19,20,21,24);1H. The number of anilines is 1. The van der Waals surface area contributed by atoms with Gasteiger partial charge in [0.05, 0.1) is 0 Å². The van der Waals surface area contributed by atoms with Crippen molar-refractivity contribution in [1.82, 2.24) is 24.6 Å². The Balaban J connectivity index is 0.00000261. The molecular formula is C17H25ClN6O2S. The van der Waals surface area contributed by atoms with E-state index in [0.717, 1.165) is 25.9 Å². The van der Waals surface area contributed by atoms with Gasteiger partial charge in [0.1, 0.15) is 5.56 Å². The van der Waals surface area contributed by atoms with Crippen LogP contribution in [0.25, 0.3) is 0 Å². The molecule has 0 saturated carbocycles. The van der Waals surface area contributed by atoms with Gasteiger partial charge in [-0.2, -0.15) is 4.98 Å². The Morgan fingerprint density at radius 2 is 2.26 bits per heavy atom. The number of aryl methyl sites for hydroxylation is 2. The summed E-state index contributed by atoms with van der Waals surface area (Å²) in [7, 11) is 1.70. The number of carbonyl (C=O) groups is 1. The van der Waals surface area contributed by atoms with Crippen molar-refractivity contribution < 1.29 is 4.79 Å². The van der Waals surface area contributed by atoms with Crippen LogP contribution in [0.2, 0.25) is 0 Å². The van der Waals surface area contributed by atoms with Gasteiger partial charge in [-0.05, 0) is 56.7 Å². The summed E-state index contributed by atoms with van der Waals surface area (Å²) in [4.78, 5) is 29.8. The second-order valence-electron chi connectivity index (χ2n) is 6.54. The Kier molecular flexibility index (Phi) is 7.46. The molecule has 1 aliphatic heterocycles. The van der Waals surface area contributed by atoms with E-state index in [-0.39, 0.29) is 23.5 Å². The summed E-state index contributed by atoms with van der Waals surface area (Å²) >= 11 is 1.39. The lowest BCUT2D eigenvalue weighted by Crippen LogP contribution is -2.36. The van der Waals surface area contributed by atoms with Gasteiger partial charge in [0.15, 0.2) is 0 Å². The molecule has 3 heterocycles. The summed E-state index contributed by atoms with van der Waals surface area (Å²) in [6.45, 7) is 4.32. The third kappa shape index (κ3) is 4.91. The number of piperidine rings is 1. The van der Waals surface area contributed by atoms with Crippen molar-refractivity contribution in [3.63, 3.8) is 0 Å². The summed E-state index contributed by atoms with van der Waals surface area (Å²) in [5.74, 6) is 0.278. The molecule has 148 valence electrons. The van der Waals surface area contributed by atoms with Gasteiger partial charge in [0, 0.05) is 19.8 Å². The maximum absolute atomic E-state index is 12.9. The number of nitrogens with one attached hydrogen (secondary N) is 2. The minimum atomic E-state index is -0.452. The molecule has 1 fully saturated rings. The quantitative estimate of drug-likeness (QED) is 0.725. The summed E-state index contributed by atoms with van der Waals surface area (Å²) in [5.41, 5.74) is 0.545.